The van der Waals surface area contributed by atoms with Gasteiger partial charge in [0, 0.05) is 0 Å². The molecule has 0 aliphatic rings. The first-order chi connectivity index (χ1) is 4.20. The third-order valence-electron chi connectivity index (χ3n) is 0.825. The number of aromatic nitrogens is 1. The second kappa shape index (κ2) is 2.19. The van der Waals surface area contributed by atoms with Gasteiger partial charge >= 0.3 is 0 Å². The molecule has 1 aromatic heterocycles. The summed E-state index contributed by atoms with van der Waals surface area (Å²) in [7, 11) is 0. The summed E-state index contributed by atoms with van der Waals surface area (Å²) in [6, 6.07) is 2.80. The third kappa shape index (κ3) is 1.29. The Morgan fingerprint density at radius 3 is 2.67 bits per heavy atom. The highest BCUT2D eigenvalue weighted by atomic mass is 35.5. The molecule has 1 rings (SSSR count). The number of hydrogen-bond acceptors (Lipinski definition) is 2. The molecule has 4 heteroatoms. The van der Waals surface area contributed by atoms with Crippen LogP contribution in [0.1, 0.15) is 0 Å². The Morgan fingerprint density at radius 2 is 2.22 bits per heavy atom. The fourth-order valence-electron chi connectivity index (χ4n) is 0.431. The Bertz CT molecular complexity index is 226. The van der Waals surface area contributed by atoms with Gasteiger partial charge in [-0.1, -0.05) is 11.6 Å². The summed E-state index contributed by atoms with van der Waals surface area (Å²) in [6.07, 6.45) is 0. The third-order valence-corrected chi connectivity index (χ3v) is 1.11. The largest absolute Gasteiger partial charge is 0.384 e. The van der Waals surface area contributed by atoms with E-state index in [0.29, 0.717) is 0 Å². The van der Waals surface area contributed by atoms with Crippen LogP contribution >= 0.6 is 11.6 Å². The van der Waals surface area contributed by atoms with Crippen LogP contribution in [-0.4, -0.2) is 4.98 Å². The summed E-state index contributed by atoms with van der Waals surface area (Å²) in [5, 5.41) is -0.01000. The molecule has 9 heavy (non-hydrogen) atoms. The van der Waals surface area contributed by atoms with Gasteiger partial charge in [-0.3, -0.25) is 0 Å². The SMILES string of the molecule is Nc1ccc(Cl)c(F)n1. The first-order valence-corrected chi connectivity index (χ1v) is 2.65. The summed E-state index contributed by atoms with van der Waals surface area (Å²) in [4.78, 5) is 3.25. The van der Waals surface area contributed by atoms with E-state index >= 15 is 0 Å². The van der Waals surface area contributed by atoms with E-state index in [4.69, 9.17) is 17.3 Å². The van der Waals surface area contributed by atoms with Gasteiger partial charge in [0.05, 0.1) is 5.02 Å². The summed E-state index contributed by atoms with van der Waals surface area (Å²) in [6.45, 7) is 0. The van der Waals surface area contributed by atoms with Gasteiger partial charge in [0.2, 0.25) is 5.95 Å². The number of nitrogens with zero attached hydrogens (tertiary/aromatic N) is 1. The van der Waals surface area contributed by atoms with Crippen molar-refractivity contribution in [3.63, 3.8) is 0 Å². The Balaban J connectivity index is 3.17. The molecule has 0 spiro atoms. The van der Waals surface area contributed by atoms with Gasteiger partial charge in [0.25, 0.3) is 0 Å². The first kappa shape index (κ1) is 6.29. The van der Waals surface area contributed by atoms with E-state index in [1.807, 2.05) is 0 Å². The number of nitrogen functional groups attached to an aromatic ring is 1. The lowest BCUT2D eigenvalue weighted by Gasteiger charge is -1.92. The van der Waals surface area contributed by atoms with Crippen LogP contribution < -0.4 is 5.73 Å². The summed E-state index contributed by atoms with van der Waals surface area (Å²) in [5.41, 5.74) is 5.12. The van der Waals surface area contributed by atoms with E-state index in [9.17, 15) is 4.39 Å². The molecule has 0 amide bonds. The van der Waals surface area contributed by atoms with Crippen molar-refractivity contribution >= 4 is 17.4 Å². The van der Waals surface area contributed by atoms with Crippen molar-refractivity contribution in [2.24, 2.45) is 0 Å². The normalized spacial score (nSPS) is 9.56. The maximum atomic E-state index is 12.3. The first-order valence-electron chi connectivity index (χ1n) is 2.27. The van der Waals surface area contributed by atoms with Gasteiger partial charge in [-0.05, 0) is 12.1 Å². The maximum absolute atomic E-state index is 12.3. The molecular formula is C5H4ClFN2. The predicted molar refractivity (Wildman–Crippen MR) is 33.6 cm³/mol. The van der Waals surface area contributed by atoms with Gasteiger partial charge in [-0.15, -0.1) is 0 Å². The highest BCUT2D eigenvalue weighted by Gasteiger charge is 1.97. The molecule has 1 heterocycles. The van der Waals surface area contributed by atoms with Gasteiger partial charge in [0.15, 0.2) is 0 Å². The minimum absolute atomic E-state index is 0.01000. The average Bonchev–Trinajstić information content (AvgIpc) is 1.80. The van der Waals surface area contributed by atoms with Crippen molar-refractivity contribution in [2.45, 2.75) is 0 Å². The minimum Gasteiger partial charge on any atom is -0.384 e. The fourth-order valence-corrected chi connectivity index (χ4v) is 0.537. The van der Waals surface area contributed by atoms with E-state index in [1.165, 1.54) is 12.1 Å². The number of nitrogens with two attached hydrogens (primary N) is 1. The zero-order valence-electron chi connectivity index (χ0n) is 4.44. The zero-order chi connectivity index (χ0) is 6.85. The standard InChI is InChI=1S/C5H4ClFN2/c6-3-1-2-4(8)9-5(3)7/h1-2H,(H2,8,9). The van der Waals surface area contributed by atoms with Crippen molar-refractivity contribution in [3.05, 3.63) is 23.1 Å². The lowest BCUT2D eigenvalue weighted by atomic mass is 10.5. The molecule has 0 fully saturated rings. The molecule has 2 nitrogen and oxygen atoms in total. The quantitative estimate of drug-likeness (QED) is 0.563. The van der Waals surface area contributed by atoms with Crippen LogP contribution in [0.3, 0.4) is 0 Å². The van der Waals surface area contributed by atoms with Crippen molar-refractivity contribution in [2.75, 3.05) is 5.73 Å². The molecule has 0 aliphatic heterocycles. The molecule has 0 bridgehead atoms. The lowest BCUT2D eigenvalue weighted by molar-refractivity contribution is 0.586. The average molecular weight is 147 g/mol. The van der Waals surface area contributed by atoms with E-state index < -0.39 is 5.95 Å². The molecule has 0 saturated carbocycles. The number of pyridine rings is 1. The highest BCUT2D eigenvalue weighted by Crippen LogP contribution is 2.12. The summed E-state index contributed by atoms with van der Waals surface area (Å²) >= 11 is 5.29. The lowest BCUT2D eigenvalue weighted by Crippen LogP contribution is -1.91. The van der Waals surface area contributed by atoms with Gasteiger partial charge in [-0.2, -0.15) is 4.39 Å². The Labute approximate surface area is 56.5 Å². The van der Waals surface area contributed by atoms with Crippen molar-refractivity contribution in [1.29, 1.82) is 0 Å². The monoisotopic (exact) mass is 146 g/mol. The van der Waals surface area contributed by atoms with Crippen LogP contribution in [0.4, 0.5) is 10.2 Å². The Hall–Kier alpha value is -0.830. The predicted octanol–water partition coefficient (Wildman–Crippen LogP) is 1.46. The number of hydrogen-bond donors (Lipinski definition) is 1. The van der Waals surface area contributed by atoms with E-state index in [2.05, 4.69) is 4.98 Å². The topological polar surface area (TPSA) is 38.9 Å². The van der Waals surface area contributed by atoms with E-state index in [-0.39, 0.29) is 10.8 Å². The number of anilines is 1. The van der Waals surface area contributed by atoms with Crippen LogP contribution in [0.15, 0.2) is 12.1 Å². The molecule has 0 radical (unpaired) electrons. The summed E-state index contributed by atoms with van der Waals surface area (Å²) < 4.78 is 12.3. The molecular weight excluding hydrogens is 143 g/mol. The second-order valence-electron chi connectivity index (χ2n) is 1.51. The van der Waals surface area contributed by atoms with Crippen molar-refractivity contribution in [3.8, 4) is 0 Å². The molecule has 0 unspecified atom stereocenters. The van der Waals surface area contributed by atoms with Crippen LogP contribution in [0, 0.1) is 5.95 Å². The van der Waals surface area contributed by atoms with E-state index in [0.717, 1.165) is 0 Å². The second-order valence-corrected chi connectivity index (χ2v) is 1.92. The number of rotatable bonds is 0. The van der Waals surface area contributed by atoms with Crippen LogP contribution in [-0.2, 0) is 0 Å². The fraction of sp³-hybridized carbons (Fsp3) is 0. The molecule has 0 saturated heterocycles. The van der Waals surface area contributed by atoms with Crippen LogP contribution in [0.25, 0.3) is 0 Å². The van der Waals surface area contributed by atoms with Gasteiger partial charge in [-0.25, -0.2) is 4.98 Å². The Morgan fingerprint density at radius 1 is 1.56 bits per heavy atom. The molecule has 1 aromatic rings. The minimum atomic E-state index is -0.725. The van der Waals surface area contributed by atoms with Crippen LogP contribution in [0.2, 0.25) is 5.02 Å². The Kier molecular flexibility index (Phi) is 1.53. The summed E-state index contributed by atoms with van der Waals surface area (Å²) in [5.74, 6) is -0.589. The smallest absolute Gasteiger partial charge is 0.233 e. The molecule has 48 valence electrons. The van der Waals surface area contributed by atoms with Crippen LogP contribution in [0.5, 0.6) is 0 Å². The van der Waals surface area contributed by atoms with Crippen molar-refractivity contribution in [1.82, 2.24) is 4.98 Å². The molecule has 0 atom stereocenters. The van der Waals surface area contributed by atoms with E-state index in [1.54, 1.807) is 0 Å². The van der Waals surface area contributed by atoms with Gasteiger partial charge < -0.3 is 5.73 Å². The molecule has 0 aromatic carbocycles. The highest BCUT2D eigenvalue weighted by molar-refractivity contribution is 6.30. The molecule has 0 aliphatic carbocycles. The zero-order valence-corrected chi connectivity index (χ0v) is 5.19. The molecule has 2 N–H and O–H groups in total. The number of halogens is 2. The van der Waals surface area contributed by atoms with Gasteiger partial charge in [0.1, 0.15) is 5.82 Å². The maximum Gasteiger partial charge on any atom is 0.233 e. The van der Waals surface area contributed by atoms with Crippen molar-refractivity contribution < 1.29 is 4.39 Å².